The molecule has 0 saturated heterocycles. The van der Waals surface area contributed by atoms with Gasteiger partial charge in [-0.15, -0.1) is 22.9 Å². The third-order valence-electron chi connectivity index (χ3n) is 2.92. The van der Waals surface area contributed by atoms with Crippen LogP contribution in [0, 0.1) is 5.92 Å². The maximum absolute atomic E-state index is 12.8. The third-order valence-corrected chi connectivity index (χ3v) is 7.54. The Hall–Kier alpha value is 0.380. The average molecular weight is 387 g/mol. The highest BCUT2D eigenvalue weighted by atomic mass is 79.9. The molecule has 0 radical (unpaired) electrons. The van der Waals surface area contributed by atoms with Gasteiger partial charge in [0.1, 0.15) is 4.90 Å². The summed E-state index contributed by atoms with van der Waals surface area (Å²) in [6.45, 7) is 4.65. The zero-order chi connectivity index (χ0) is 14.2. The summed E-state index contributed by atoms with van der Waals surface area (Å²) in [6, 6.07) is 1.87. The molecular formula is C12H17BrClNO2S2. The smallest absolute Gasteiger partial charge is 0.207 e. The quantitative estimate of drug-likeness (QED) is 0.691. The van der Waals surface area contributed by atoms with Crippen LogP contribution in [-0.4, -0.2) is 25.3 Å². The molecule has 1 heterocycles. The van der Waals surface area contributed by atoms with E-state index in [1.165, 1.54) is 11.3 Å². The van der Waals surface area contributed by atoms with Gasteiger partial charge in [0.2, 0.25) is 10.0 Å². The second kappa shape index (κ2) is 6.02. The summed E-state index contributed by atoms with van der Waals surface area (Å²) in [5.41, 5.74) is 0. The van der Waals surface area contributed by atoms with E-state index in [0.29, 0.717) is 27.0 Å². The zero-order valence-electron chi connectivity index (χ0n) is 10.9. The number of hydrogen-bond acceptors (Lipinski definition) is 3. The van der Waals surface area contributed by atoms with Crippen LogP contribution in [0.15, 0.2) is 14.7 Å². The molecule has 1 fully saturated rings. The molecule has 108 valence electrons. The van der Waals surface area contributed by atoms with Crippen molar-refractivity contribution in [3.8, 4) is 0 Å². The van der Waals surface area contributed by atoms with E-state index in [4.69, 9.17) is 11.6 Å². The summed E-state index contributed by atoms with van der Waals surface area (Å²) < 4.78 is 27.8. The molecule has 2 rings (SSSR count). The molecule has 1 aromatic heterocycles. The molecule has 7 heteroatoms. The summed E-state index contributed by atoms with van der Waals surface area (Å²) in [5.74, 6) is 0.659. The third kappa shape index (κ3) is 3.53. The summed E-state index contributed by atoms with van der Waals surface area (Å²) in [5, 5.41) is 0. The van der Waals surface area contributed by atoms with Crippen molar-refractivity contribution >= 4 is 48.9 Å². The van der Waals surface area contributed by atoms with Crippen LogP contribution >= 0.6 is 38.9 Å². The number of thiophene rings is 1. The molecule has 1 aliphatic rings. The van der Waals surface area contributed by atoms with Crippen molar-refractivity contribution in [2.75, 3.05) is 6.54 Å². The molecule has 0 atom stereocenters. The van der Waals surface area contributed by atoms with Crippen molar-refractivity contribution in [2.45, 2.75) is 43.5 Å². The Kier molecular flexibility index (Phi) is 4.99. The molecule has 3 nitrogen and oxygen atoms in total. The number of alkyl halides is 1. The van der Waals surface area contributed by atoms with Crippen LogP contribution in [0.2, 0.25) is 0 Å². The van der Waals surface area contributed by atoms with Gasteiger partial charge in [-0.05, 0) is 40.8 Å². The number of rotatable bonds is 6. The van der Waals surface area contributed by atoms with E-state index < -0.39 is 10.0 Å². The fraction of sp³-hybridized carbons (Fsp3) is 0.667. The summed E-state index contributed by atoms with van der Waals surface area (Å²) >= 11 is 10.5. The molecule has 0 aromatic carbocycles. The largest absolute Gasteiger partial charge is 0.245 e. The van der Waals surface area contributed by atoms with Crippen LogP contribution in [-0.2, 0) is 15.9 Å². The maximum atomic E-state index is 12.8. The van der Waals surface area contributed by atoms with E-state index >= 15 is 0 Å². The first-order chi connectivity index (χ1) is 8.86. The van der Waals surface area contributed by atoms with Crippen LogP contribution in [0.1, 0.15) is 31.6 Å². The number of halogens is 2. The number of nitrogens with zero attached hydrogens (tertiary/aromatic N) is 1. The fourth-order valence-electron chi connectivity index (χ4n) is 1.93. The Morgan fingerprint density at radius 2 is 2.16 bits per heavy atom. The van der Waals surface area contributed by atoms with Crippen LogP contribution in [0.5, 0.6) is 0 Å². The van der Waals surface area contributed by atoms with Gasteiger partial charge in [0.25, 0.3) is 0 Å². The van der Waals surface area contributed by atoms with Crippen molar-refractivity contribution in [3.05, 3.63) is 14.7 Å². The van der Waals surface area contributed by atoms with Crippen molar-refractivity contribution in [1.29, 1.82) is 0 Å². The predicted octanol–water partition coefficient (Wildman–Crippen LogP) is 4.06. The molecular weight excluding hydrogens is 370 g/mol. The van der Waals surface area contributed by atoms with Crippen molar-refractivity contribution in [2.24, 2.45) is 5.92 Å². The van der Waals surface area contributed by atoms with Gasteiger partial charge in [0, 0.05) is 17.5 Å². The Bertz CT molecular complexity index is 552. The summed E-state index contributed by atoms with van der Waals surface area (Å²) in [4.78, 5) is 1.23. The van der Waals surface area contributed by atoms with Gasteiger partial charge in [-0.25, -0.2) is 8.42 Å². The van der Waals surface area contributed by atoms with Crippen LogP contribution in [0.4, 0.5) is 0 Å². The van der Waals surface area contributed by atoms with Gasteiger partial charge < -0.3 is 0 Å². The maximum Gasteiger partial charge on any atom is 0.245 e. The van der Waals surface area contributed by atoms with E-state index in [2.05, 4.69) is 15.9 Å². The lowest BCUT2D eigenvalue weighted by Crippen LogP contribution is -2.36. The van der Waals surface area contributed by atoms with E-state index in [0.717, 1.165) is 17.7 Å². The van der Waals surface area contributed by atoms with Gasteiger partial charge in [-0.1, -0.05) is 13.8 Å². The van der Waals surface area contributed by atoms with E-state index in [9.17, 15) is 8.42 Å². The topological polar surface area (TPSA) is 37.4 Å². The molecule has 0 bridgehead atoms. The lowest BCUT2D eigenvalue weighted by molar-refractivity contribution is 0.360. The highest BCUT2D eigenvalue weighted by Gasteiger charge is 2.39. The number of hydrogen-bond donors (Lipinski definition) is 0. The minimum atomic E-state index is -3.41. The lowest BCUT2D eigenvalue weighted by Gasteiger charge is -2.23. The highest BCUT2D eigenvalue weighted by molar-refractivity contribution is 9.11. The van der Waals surface area contributed by atoms with E-state index in [1.54, 1.807) is 10.4 Å². The number of sulfonamides is 1. The van der Waals surface area contributed by atoms with Gasteiger partial charge in [-0.3, -0.25) is 0 Å². The molecule has 19 heavy (non-hydrogen) atoms. The first kappa shape index (κ1) is 15.8. The molecule has 0 amide bonds. The minimum absolute atomic E-state index is 0.179. The first-order valence-corrected chi connectivity index (χ1v) is 9.80. The molecule has 0 aliphatic heterocycles. The standard InChI is InChI=1S/C12H17BrClNO2S2/c1-8(2)7-15(9-3-4-9)19(16,17)11-5-10(6-14)18-12(11)13/h5,8-9H,3-4,6-7H2,1-2H3. The Morgan fingerprint density at radius 3 is 2.58 bits per heavy atom. The second-order valence-electron chi connectivity index (χ2n) is 5.18. The van der Waals surface area contributed by atoms with E-state index in [-0.39, 0.29) is 6.04 Å². The SMILES string of the molecule is CC(C)CN(C1CC1)S(=O)(=O)c1cc(CCl)sc1Br. The van der Waals surface area contributed by atoms with Crippen LogP contribution in [0.25, 0.3) is 0 Å². The zero-order valence-corrected chi connectivity index (χ0v) is 14.9. The van der Waals surface area contributed by atoms with Gasteiger partial charge in [0.05, 0.1) is 9.67 Å². The average Bonchev–Trinajstić information content (AvgIpc) is 3.08. The molecule has 0 N–H and O–H groups in total. The van der Waals surface area contributed by atoms with Crippen molar-refractivity contribution < 1.29 is 8.42 Å². The van der Waals surface area contributed by atoms with E-state index in [1.807, 2.05) is 13.8 Å². The van der Waals surface area contributed by atoms with Gasteiger partial charge in [-0.2, -0.15) is 4.31 Å². The predicted molar refractivity (Wildman–Crippen MR) is 83.3 cm³/mol. The molecule has 1 aromatic rings. The first-order valence-electron chi connectivity index (χ1n) is 6.22. The molecule has 1 aliphatic carbocycles. The summed E-state index contributed by atoms with van der Waals surface area (Å²) in [6.07, 6.45) is 1.94. The highest BCUT2D eigenvalue weighted by Crippen LogP contribution is 2.38. The normalized spacial score (nSPS) is 16.5. The lowest BCUT2D eigenvalue weighted by atomic mass is 10.2. The van der Waals surface area contributed by atoms with Gasteiger partial charge in [0.15, 0.2) is 0 Å². The molecule has 0 spiro atoms. The fourth-order valence-corrected chi connectivity index (χ4v) is 6.51. The van der Waals surface area contributed by atoms with Crippen molar-refractivity contribution in [1.82, 2.24) is 4.31 Å². The summed E-state index contributed by atoms with van der Waals surface area (Å²) in [7, 11) is -3.41. The van der Waals surface area contributed by atoms with Crippen LogP contribution < -0.4 is 0 Å². The minimum Gasteiger partial charge on any atom is -0.207 e. The molecule has 1 saturated carbocycles. The Morgan fingerprint density at radius 1 is 1.53 bits per heavy atom. The van der Waals surface area contributed by atoms with Crippen molar-refractivity contribution in [3.63, 3.8) is 0 Å². The Balaban J connectivity index is 2.35. The second-order valence-corrected chi connectivity index (χ2v) is 9.76. The molecule has 0 unspecified atom stereocenters. The van der Waals surface area contributed by atoms with Crippen LogP contribution in [0.3, 0.4) is 0 Å². The Labute approximate surface area is 132 Å². The van der Waals surface area contributed by atoms with Gasteiger partial charge >= 0.3 is 0 Å². The monoisotopic (exact) mass is 385 g/mol.